The lowest BCUT2D eigenvalue weighted by molar-refractivity contribution is -0.129. The van der Waals surface area contributed by atoms with Gasteiger partial charge in [0.15, 0.2) is 0 Å². The number of rotatable bonds is 1. The average Bonchev–Trinajstić information content (AvgIpc) is 3.10. The van der Waals surface area contributed by atoms with Crippen molar-refractivity contribution in [1.82, 2.24) is 15.1 Å². The third-order valence-corrected chi connectivity index (χ3v) is 6.27. The summed E-state index contributed by atoms with van der Waals surface area (Å²) in [5, 5.41) is 18.2. The number of halogens is 1. The SMILES string of the molecule is CC1CC2(CC(c3cnn(C)c3)N1)OCC(O)c1cc(Cl)sc12. The van der Waals surface area contributed by atoms with Gasteiger partial charge in [-0.05, 0) is 19.4 Å². The first-order valence-electron chi connectivity index (χ1n) is 7.83. The van der Waals surface area contributed by atoms with Crippen LogP contribution in [0.3, 0.4) is 0 Å². The predicted octanol–water partition coefficient (Wildman–Crippen LogP) is 2.91. The number of aromatic nitrogens is 2. The fourth-order valence-electron chi connectivity index (χ4n) is 3.88. The number of aliphatic hydroxyl groups is 1. The minimum absolute atomic E-state index is 0.177. The number of nitrogens with zero attached hydrogens (tertiary/aromatic N) is 2. The summed E-state index contributed by atoms with van der Waals surface area (Å²) in [6.07, 6.45) is 5.06. The molecule has 0 saturated carbocycles. The maximum Gasteiger partial charge on any atom is 0.106 e. The number of aliphatic hydroxyl groups excluding tert-OH is 1. The molecule has 1 fully saturated rings. The Balaban J connectivity index is 1.74. The van der Waals surface area contributed by atoms with Gasteiger partial charge in [-0.1, -0.05) is 11.6 Å². The topological polar surface area (TPSA) is 59.3 Å². The van der Waals surface area contributed by atoms with Crippen molar-refractivity contribution in [2.24, 2.45) is 7.05 Å². The third-order valence-electron chi connectivity index (χ3n) is 4.80. The third kappa shape index (κ3) is 2.62. The number of thiophene rings is 1. The van der Waals surface area contributed by atoms with Gasteiger partial charge in [0.05, 0.1) is 17.1 Å². The molecule has 2 aliphatic rings. The Morgan fingerprint density at radius 3 is 3.09 bits per heavy atom. The van der Waals surface area contributed by atoms with Gasteiger partial charge in [0.2, 0.25) is 0 Å². The normalized spacial score (nSPS) is 33.8. The summed E-state index contributed by atoms with van der Waals surface area (Å²) >= 11 is 7.77. The van der Waals surface area contributed by atoms with E-state index in [4.69, 9.17) is 16.3 Å². The Bertz CT molecular complexity index is 731. The van der Waals surface area contributed by atoms with Gasteiger partial charge in [0, 0.05) is 47.8 Å². The molecule has 0 amide bonds. The molecule has 4 unspecified atom stereocenters. The van der Waals surface area contributed by atoms with Gasteiger partial charge in [-0.3, -0.25) is 4.68 Å². The number of nitrogens with one attached hydrogen (secondary N) is 1. The minimum atomic E-state index is -0.582. The molecule has 2 aliphatic heterocycles. The fourth-order valence-corrected chi connectivity index (χ4v) is 5.33. The quantitative estimate of drug-likeness (QED) is 0.827. The lowest BCUT2D eigenvalue weighted by atomic mass is 9.78. The maximum atomic E-state index is 10.2. The zero-order valence-electron chi connectivity index (χ0n) is 13.1. The monoisotopic (exact) mass is 353 g/mol. The maximum absolute atomic E-state index is 10.2. The van der Waals surface area contributed by atoms with Gasteiger partial charge in [0.1, 0.15) is 11.7 Å². The second-order valence-corrected chi connectivity index (χ2v) is 8.32. The van der Waals surface area contributed by atoms with Gasteiger partial charge in [0.25, 0.3) is 0 Å². The molecule has 1 spiro atoms. The zero-order valence-corrected chi connectivity index (χ0v) is 14.7. The smallest absolute Gasteiger partial charge is 0.106 e. The number of ether oxygens (including phenoxy) is 1. The van der Waals surface area contributed by atoms with Crippen LogP contribution in [0.15, 0.2) is 18.5 Å². The van der Waals surface area contributed by atoms with Gasteiger partial charge < -0.3 is 15.2 Å². The Labute approximate surface area is 144 Å². The Morgan fingerprint density at radius 2 is 2.35 bits per heavy atom. The van der Waals surface area contributed by atoms with Gasteiger partial charge >= 0.3 is 0 Å². The van der Waals surface area contributed by atoms with Crippen molar-refractivity contribution < 1.29 is 9.84 Å². The van der Waals surface area contributed by atoms with Crippen molar-refractivity contribution in [1.29, 1.82) is 0 Å². The lowest BCUT2D eigenvalue weighted by Gasteiger charge is -2.46. The molecule has 23 heavy (non-hydrogen) atoms. The van der Waals surface area contributed by atoms with E-state index in [1.54, 1.807) is 0 Å². The fraction of sp³-hybridized carbons (Fsp3) is 0.562. The Kier molecular flexibility index (Phi) is 3.77. The number of fused-ring (bicyclic) bond motifs is 2. The molecule has 1 saturated heterocycles. The number of hydrogen-bond acceptors (Lipinski definition) is 5. The molecular formula is C16H20ClN3O2S. The van der Waals surface area contributed by atoms with Gasteiger partial charge in [-0.2, -0.15) is 5.10 Å². The van der Waals surface area contributed by atoms with Crippen LogP contribution in [0.5, 0.6) is 0 Å². The molecule has 2 N–H and O–H groups in total. The summed E-state index contributed by atoms with van der Waals surface area (Å²) in [5.74, 6) is 0. The average molecular weight is 354 g/mol. The van der Waals surface area contributed by atoms with E-state index in [9.17, 15) is 5.11 Å². The highest BCUT2D eigenvalue weighted by Gasteiger charge is 2.48. The van der Waals surface area contributed by atoms with Crippen LogP contribution in [0, 0.1) is 0 Å². The second kappa shape index (κ2) is 5.57. The molecule has 2 aromatic heterocycles. The number of aryl methyl sites for hydroxylation is 1. The Hall–Kier alpha value is -0.920. The largest absolute Gasteiger partial charge is 0.386 e. The molecule has 0 bridgehead atoms. The molecule has 0 aromatic carbocycles. The summed E-state index contributed by atoms with van der Waals surface area (Å²) < 4.78 is 8.75. The second-order valence-electron chi connectivity index (χ2n) is 6.63. The highest BCUT2D eigenvalue weighted by Crippen LogP contribution is 2.51. The van der Waals surface area contributed by atoms with E-state index in [-0.39, 0.29) is 11.6 Å². The van der Waals surface area contributed by atoms with Crippen molar-refractivity contribution in [3.8, 4) is 0 Å². The van der Waals surface area contributed by atoms with E-state index in [2.05, 4.69) is 17.3 Å². The van der Waals surface area contributed by atoms with Gasteiger partial charge in [-0.15, -0.1) is 11.3 Å². The molecule has 4 atom stereocenters. The first kappa shape index (κ1) is 15.6. The molecule has 0 radical (unpaired) electrons. The highest BCUT2D eigenvalue weighted by molar-refractivity contribution is 7.16. The summed E-state index contributed by atoms with van der Waals surface area (Å²) in [4.78, 5) is 1.09. The number of hydrogen-bond donors (Lipinski definition) is 2. The molecule has 7 heteroatoms. The molecule has 4 rings (SSSR count). The number of piperidine rings is 1. The van der Waals surface area contributed by atoms with Crippen molar-refractivity contribution in [3.05, 3.63) is 38.8 Å². The molecule has 4 heterocycles. The highest BCUT2D eigenvalue weighted by atomic mass is 35.5. The van der Waals surface area contributed by atoms with Crippen molar-refractivity contribution in [2.75, 3.05) is 6.61 Å². The lowest BCUT2D eigenvalue weighted by Crippen LogP contribution is -2.50. The van der Waals surface area contributed by atoms with E-state index >= 15 is 0 Å². The van der Waals surface area contributed by atoms with Crippen molar-refractivity contribution >= 4 is 22.9 Å². The molecule has 0 aliphatic carbocycles. The van der Waals surface area contributed by atoms with Crippen LogP contribution in [0.2, 0.25) is 4.34 Å². The van der Waals surface area contributed by atoms with E-state index in [0.717, 1.165) is 28.8 Å². The molecule has 2 aromatic rings. The van der Waals surface area contributed by atoms with Crippen LogP contribution in [0.1, 0.15) is 47.9 Å². The zero-order chi connectivity index (χ0) is 16.2. The Morgan fingerprint density at radius 1 is 1.52 bits per heavy atom. The molecule has 124 valence electrons. The van der Waals surface area contributed by atoms with Crippen LogP contribution in [-0.2, 0) is 17.4 Å². The molecular weight excluding hydrogens is 334 g/mol. The first-order chi connectivity index (χ1) is 11.0. The van der Waals surface area contributed by atoms with Crippen molar-refractivity contribution in [3.63, 3.8) is 0 Å². The van der Waals surface area contributed by atoms with Crippen molar-refractivity contribution in [2.45, 2.75) is 43.6 Å². The standard InChI is InChI=1S/C16H20ClN3O2S/c1-9-4-16(5-12(19-9)10-6-18-20(2)7-10)15-11(3-14(17)23-15)13(21)8-22-16/h3,6-7,9,12-13,19,21H,4-5,8H2,1-2H3. The van der Waals surface area contributed by atoms with E-state index in [1.807, 2.05) is 30.2 Å². The van der Waals surface area contributed by atoms with Crippen LogP contribution in [0.25, 0.3) is 0 Å². The summed E-state index contributed by atoms with van der Waals surface area (Å²) in [5.41, 5.74) is 1.72. The van der Waals surface area contributed by atoms with Crippen LogP contribution < -0.4 is 5.32 Å². The molecule has 5 nitrogen and oxygen atoms in total. The van der Waals surface area contributed by atoms with Gasteiger partial charge in [-0.25, -0.2) is 0 Å². The summed E-state index contributed by atoms with van der Waals surface area (Å²) in [6, 6.07) is 2.37. The minimum Gasteiger partial charge on any atom is -0.386 e. The summed E-state index contributed by atoms with van der Waals surface area (Å²) in [7, 11) is 1.93. The summed E-state index contributed by atoms with van der Waals surface area (Å²) in [6.45, 7) is 2.50. The first-order valence-corrected chi connectivity index (χ1v) is 9.02. The van der Waals surface area contributed by atoms with E-state index in [0.29, 0.717) is 17.0 Å². The van der Waals surface area contributed by atoms with Crippen LogP contribution in [0.4, 0.5) is 0 Å². The van der Waals surface area contributed by atoms with Crippen LogP contribution >= 0.6 is 22.9 Å². The predicted molar refractivity (Wildman–Crippen MR) is 89.7 cm³/mol. The van der Waals surface area contributed by atoms with E-state index < -0.39 is 6.10 Å². The van der Waals surface area contributed by atoms with Crippen LogP contribution in [-0.4, -0.2) is 27.5 Å². The van der Waals surface area contributed by atoms with E-state index in [1.165, 1.54) is 11.3 Å².